The molecule has 4 rings (SSSR count). The van der Waals surface area contributed by atoms with E-state index >= 15 is 0 Å². The summed E-state index contributed by atoms with van der Waals surface area (Å²) in [5, 5.41) is -0.134. The maximum absolute atomic E-state index is 14.1. The largest absolute Gasteiger partial charge is 0.341 e. The minimum absolute atomic E-state index is 0.0604. The quantitative estimate of drug-likeness (QED) is 0.515. The number of halogens is 2. The van der Waals surface area contributed by atoms with E-state index in [1.165, 1.54) is 23.9 Å². The highest BCUT2D eigenvalue weighted by Crippen LogP contribution is 2.36. The molecule has 0 N–H and O–H groups in total. The summed E-state index contributed by atoms with van der Waals surface area (Å²) >= 11 is 4.63. The molecule has 3 nitrogen and oxygen atoms in total. The fourth-order valence-electron chi connectivity index (χ4n) is 3.16. The summed E-state index contributed by atoms with van der Waals surface area (Å²) in [6.45, 7) is 1.17. The van der Waals surface area contributed by atoms with Crippen molar-refractivity contribution in [2.45, 2.75) is 16.0 Å². The van der Waals surface area contributed by atoms with Crippen LogP contribution in [-0.2, 0) is 4.79 Å². The molecule has 0 radical (unpaired) electrons. The molecule has 8 heteroatoms. The summed E-state index contributed by atoms with van der Waals surface area (Å²) in [6.07, 6.45) is 0.614. The van der Waals surface area contributed by atoms with Crippen LogP contribution in [0.3, 0.4) is 0 Å². The van der Waals surface area contributed by atoms with Crippen LogP contribution in [0.1, 0.15) is 17.2 Å². The van der Waals surface area contributed by atoms with Crippen molar-refractivity contribution in [1.29, 1.82) is 0 Å². The van der Waals surface area contributed by atoms with E-state index in [-0.39, 0.29) is 17.0 Å². The van der Waals surface area contributed by atoms with E-state index in [9.17, 15) is 13.6 Å². The molecule has 146 valence electrons. The second-order valence-electron chi connectivity index (χ2n) is 6.43. The second-order valence-corrected chi connectivity index (χ2v) is 9.99. The number of hydrogen-bond acceptors (Lipinski definition) is 5. The summed E-state index contributed by atoms with van der Waals surface area (Å²) in [6, 6.07) is 11.5. The minimum Gasteiger partial charge on any atom is -0.341 e. The van der Waals surface area contributed by atoms with Gasteiger partial charge in [0.15, 0.2) is 4.34 Å². The average Bonchev–Trinajstić information content (AvgIpc) is 2.96. The van der Waals surface area contributed by atoms with E-state index in [1.54, 1.807) is 23.1 Å². The van der Waals surface area contributed by atoms with Crippen molar-refractivity contribution >= 4 is 51.0 Å². The standard InChI is InChI=1S/C20H18F2N2OS3/c21-13-5-6-15(22)14(11-13)17-7-8-24(9-10-26-17)19(25)12-27-20-23-16-3-1-2-4-18(16)28-20/h1-6,11,17H,7-10,12H2. The first kappa shape index (κ1) is 19.7. The Morgan fingerprint density at radius 1 is 1.21 bits per heavy atom. The Balaban J connectivity index is 1.35. The van der Waals surface area contributed by atoms with Gasteiger partial charge in [0.25, 0.3) is 0 Å². The topological polar surface area (TPSA) is 33.2 Å². The van der Waals surface area contributed by atoms with Crippen LogP contribution in [0.4, 0.5) is 8.78 Å². The molecular formula is C20H18F2N2OS3. The van der Waals surface area contributed by atoms with Crippen LogP contribution < -0.4 is 0 Å². The van der Waals surface area contributed by atoms with Gasteiger partial charge in [-0.05, 0) is 36.8 Å². The Bertz CT molecular complexity index is 961. The zero-order valence-corrected chi connectivity index (χ0v) is 17.4. The van der Waals surface area contributed by atoms with Crippen molar-refractivity contribution in [3.63, 3.8) is 0 Å². The number of nitrogens with zero attached hydrogens (tertiary/aromatic N) is 2. The van der Waals surface area contributed by atoms with Crippen molar-refractivity contribution in [2.75, 3.05) is 24.6 Å². The molecule has 1 aliphatic rings. The van der Waals surface area contributed by atoms with Gasteiger partial charge in [0.05, 0.1) is 16.0 Å². The minimum atomic E-state index is -0.429. The molecule has 1 unspecified atom stereocenters. The highest BCUT2D eigenvalue weighted by atomic mass is 32.2. The second kappa shape index (κ2) is 8.80. The predicted molar refractivity (Wildman–Crippen MR) is 113 cm³/mol. The van der Waals surface area contributed by atoms with E-state index in [0.29, 0.717) is 36.6 Å². The molecule has 1 saturated heterocycles. The molecule has 1 fully saturated rings. The number of para-hydroxylation sites is 1. The lowest BCUT2D eigenvalue weighted by atomic mass is 10.1. The third kappa shape index (κ3) is 4.50. The number of thiazole rings is 1. The van der Waals surface area contributed by atoms with Gasteiger partial charge in [-0.1, -0.05) is 23.9 Å². The molecule has 28 heavy (non-hydrogen) atoms. The SMILES string of the molecule is O=C(CSc1nc2ccccc2s1)N1CCSC(c2cc(F)ccc2F)CC1. The number of carbonyl (C=O) groups is 1. The fraction of sp³-hybridized carbons (Fsp3) is 0.300. The Labute approximate surface area is 174 Å². The lowest BCUT2D eigenvalue weighted by Crippen LogP contribution is -2.34. The summed E-state index contributed by atoms with van der Waals surface area (Å²) in [5.41, 5.74) is 1.34. The molecule has 2 heterocycles. The zero-order chi connectivity index (χ0) is 19.5. The van der Waals surface area contributed by atoms with Crippen molar-refractivity contribution in [3.8, 4) is 0 Å². The van der Waals surface area contributed by atoms with Crippen LogP contribution in [0.5, 0.6) is 0 Å². The highest BCUT2D eigenvalue weighted by molar-refractivity contribution is 8.01. The Kier molecular flexibility index (Phi) is 6.18. The maximum Gasteiger partial charge on any atom is 0.233 e. The van der Waals surface area contributed by atoms with Crippen molar-refractivity contribution < 1.29 is 13.6 Å². The van der Waals surface area contributed by atoms with Gasteiger partial charge in [-0.25, -0.2) is 13.8 Å². The van der Waals surface area contributed by atoms with Crippen molar-refractivity contribution in [2.24, 2.45) is 0 Å². The van der Waals surface area contributed by atoms with E-state index in [2.05, 4.69) is 4.98 Å². The van der Waals surface area contributed by atoms with E-state index in [1.807, 2.05) is 29.2 Å². The number of fused-ring (bicyclic) bond motifs is 1. The summed E-state index contributed by atoms with van der Waals surface area (Å²) in [4.78, 5) is 19.0. The summed E-state index contributed by atoms with van der Waals surface area (Å²) in [7, 11) is 0. The van der Waals surface area contributed by atoms with Crippen molar-refractivity contribution in [1.82, 2.24) is 9.88 Å². The zero-order valence-electron chi connectivity index (χ0n) is 14.9. The summed E-state index contributed by atoms with van der Waals surface area (Å²) in [5.74, 6) is 0.290. The van der Waals surface area contributed by atoms with Gasteiger partial charge in [-0.3, -0.25) is 4.79 Å². The average molecular weight is 437 g/mol. The molecule has 0 saturated carbocycles. The summed E-state index contributed by atoms with van der Waals surface area (Å²) < 4.78 is 29.6. The van der Waals surface area contributed by atoms with Gasteiger partial charge < -0.3 is 4.90 Å². The number of thioether (sulfide) groups is 2. The molecule has 1 atom stereocenters. The number of rotatable bonds is 4. The van der Waals surface area contributed by atoms with Crippen LogP contribution in [0.15, 0.2) is 46.8 Å². The molecule has 0 spiro atoms. The normalized spacial score (nSPS) is 17.6. The molecule has 1 aliphatic heterocycles. The van der Waals surface area contributed by atoms with Crippen LogP contribution in [0, 0.1) is 11.6 Å². The lowest BCUT2D eigenvalue weighted by molar-refractivity contribution is -0.128. The van der Waals surface area contributed by atoms with Crippen LogP contribution in [-0.4, -0.2) is 40.4 Å². The molecule has 2 aromatic carbocycles. The molecular weight excluding hydrogens is 418 g/mol. The van der Waals surface area contributed by atoms with Gasteiger partial charge in [-0.15, -0.1) is 11.3 Å². The Morgan fingerprint density at radius 3 is 2.93 bits per heavy atom. The number of hydrogen-bond donors (Lipinski definition) is 0. The number of aromatic nitrogens is 1. The third-order valence-electron chi connectivity index (χ3n) is 4.59. The Hall–Kier alpha value is -1.64. The van der Waals surface area contributed by atoms with Gasteiger partial charge in [0.2, 0.25) is 5.91 Å². The third-order valence-corrected chi connectivity index (χ3v) is 8.07. The van der Waals surface area contributed by atoms with Crippen molar-refractivity contribution in [3.05, 3.63) is 59.7 Å². The first-order chi connectivity index (χ1) is 13.6. The predicted octanol–water partition coefficient (Wildman–Crippen LogP) is 5.37. The molecule has 1 aromatic heterocycles. The van der Waals surface area contributed by atoms with E-state index in [4.69, 9.17) is 0 Å². The number of amides is 1. The van der Waals surface area contributed by atoms with Gasteiger partial charge in [-0.2, -0.15) is 11.8 Å². The van der Waals surface area contributed by atoms with Crippen LogP contribution in [0.2, 0.25) is 0 Å². The monoisotopic (exact) mass is 436 g/mol. The van der Waals surface area contributed by atoms with Crippen LogP contribution in [0.25, 0.3) is 10.2 Å². The maximum atomic E-state index is 14.1. The Morgan fingerprint density at radius 2 is 2.07 bits per heavy atom. The fourth-order valence-corrected chi connectivity index (χ4v) is 6.37. The lowest BCUT2D eigenvalue weighted by Gasteiger charge is -2.20. The molecule has 1 amide bonds. The van der Waals surface area contributed by atoms with Crippen LogP contribution >= 0.6 is 34.9 Å². The first-order valence-corrected chi connectivity index (χ1v) is 11.8. The first-order valence-electron chi connectivity index (χ1n) is 8.93. The molecule has 3 aromatic rings. The number of carbonyl (C=O) groups excluding carboxylic acids is 1. The van der Waals surface area contributed by atoms with Gasteiger partial charge in [0.1, 0.15) is 11.6 Å². The molecule has 0 bridgehead atoms. The smallest absolute Gasteiger partial charge is 0.233 e. The molecule has 0 aliphatic carbocycles. The van der Waals surface area contributed by atoms with Gasteiger partial charge in [0, 0.05) is 29.7 Å². The van der Waals surface area contributed by atoms with E-state index in [0.717, 1.165) is 20.6 Å². The van der Waals surface area contributed by atoms with E-state index < -0.39 is 5.82 Å². The number of benzene rings is 2. The van der Waals surface area contributed by atoms with Gasteiger partial charge >= 0.3 is 0 Å². The highest BCUT2D eigenvalue weighted by Gasteiger charge is 2.24.